The van der Waals surface area contributed by atoms with E-state index < -0.39 is 55.3 Å². The Labute approximate surface area is 484 Å². The van der Waals surface area contributed by atoms with Crippen molar-refractivity contribution in [2.45, 2.75) is 59.0 Å². The van der Waals surface area contributed by atoms with Crippen LogP contribution in [0, 0.1) is 25.7 Å². The molecule has 2 aliphatic rings. The van der Waals surface area contributed by atoms with Gasteiger partial charge in [0.1, 0.15) is 42.8 Å². The van der Waals surface area contributed by atoms with E-state index in [0.29, 0.717) is 29.3 Å². The van der Waals surface area contributed by atoms with Crippen molar-refractivity contribution in [3.8, 4) is 28.4 Å². The number of carbonyl (C=O) groups excluding carboxylic acids is 7. The van der Waals surface area contributed by atoms with Gasteiger partial charge < -0.3 is 55.4 Å². The number of halogens is 1. The molecule has 5 aromatic carbocycles. The number of ether oxygens (including phenoxy) is 4. The van der Waals surface area contributed by atoms with Gasteiger partial charge in [-0.3, -0.25) is 33.8 Å². The van der Waals surface area contributed by atoms with Crippen LogP contribution in [0.3, 0.4) is 0 Å². The van der Waals surface area contributed by atoms with E-state index in [9.17, 15) is 38.7 Å². The maximum absolute atomic E-state index is 13.4. The summed E-state index contributed by atoms with van der Waals surface area (Å²) < 4.78 is 22.6. The molecule has 1 atom stereocenters. The van der Waals surface area contributed by atoms with Crippen molar-refractivity contribution in [1.82, 2.24) is 15.6 Å². The number of carbonyl (C=O) groups is 7. The molecule has 1 saturated carbocycles. The average Bonchev–Trinajstić information content (AvgIpc) is 4.11. The zero-order valence-corrected chi connectivity index (χ0v) is 47.0. The predicted molar refractivity (Wildman–Crippen MR) is 290 cm³/mol. The molecule has 404 valence electrons. The van der Waals surface area contributed by atoms with Gasteiger partial charge in [-0.1, -0.05) is 54.8 Å². The summed E-state index contributed by atoms with van der Waals surface area (Å²) in [4.78, 5) is 92.9. The van der Waals surface area contributed by atoms with Crippen LogP contribution >= 0.6 is 11.6 Å². The molecular formula is C59H58ClN6NaO12. The van der Waals surface area contributed by atoms with Crippen molar-refractivity contribution >= 4 is 70.0 Å². The molecule has 5 amide bonds. The Morgan fingerprint density at radius 3 is 2.13 bits per heavy atom. The summed E-state index contributed by atoms with van der Waals surface area (Å²) in [6, 6.07) is 28.1. The van der Waals surface area contributed by atoms with E-state index in [4.69, 9.17) is 30.5 Å². The zero-order valence-electron chi connectivity index (χ0n) is 44.3. The molecule has 1 unspecified atom stereocenters. The Kier molecular flexibility index (Phi) is 20.8. The van der Waals surface area contributed by atoms with Gasteiger partial charge in [0.15, 0.2) is 12.4 Å². The van der Waals surface area contributed by atoms with Gasteiger partial charge in [0, 0.05) is 53.8 Å². The number of aromatic carboxylic acids is 1. The van der Waals surface area contributed by atoms with Gasteiger partial charge in [0.25, 0.3) is 17.7 Å². The number of Topliss-reactive ketones (excluding diaryl/α,β-unsaturated/α-hetero) is 1. The molecule has 0 radical (unpaired) electrons. The molecule has 1 heterocycles. The molecule has 8 rings (SSSR count). The van der Waals surface area contributed by atoms with Crippen LogP contribution in [0.5, 0.6) is 17.2 Å². The number of pyridine rings is 1. The zero-order chi connectivity index (χ0) is 55.3. The second-order valence-electron chi connectivity index (χ2n) is 19.0. The minimum Gasteiger partial charge on any atom is -0.545 e. The van der Waals surface area contributed by atoms with Gasteiger partial charge in [0.2, 0.25) is 11.8 Å². The minimum absolute atomic E-state index is 0. The van der Waals surface area contributed by atoms with Crippen LogP contribution in [-0.2, 0) is 32.1 Å². The molecule has 18 nitrogen and oxygen atoms in total. The average molecular weight is 1100 g/mol. The first-order valence-electron chi connectivity index (χ1n) is 25.5. The number of methoxy groups -OCH3 is 1. The number of benzene rings is 5. The number of carboxylic acids is 1. The van der Waals surface area contributed by atoms with Gasteiger partial charge in [-0.25, -0.2) is 0 Å². The first-order valence-corrected chi connectivity index (χ1v) is 25.8. The summed E-state index contributed by atoms with van der Waals surface area (Å²) in [6.45, 7) is 3.23. The van der Waals surface area contributed by atoms with E-state index >= 15 is 0 Å². The molecule has 20 heteroatoms. The fourth-order valence-corrected chi connectivity index (χ4v) is 9.88. The number of ketones is 1. The Morgan fingerprint density at radius 2 is 1.41 bits per heavy atom. The van der Waals surface area contributed by atoms with E-state index in [1.807, 2.05) is 44.2 Å². The predicted octanol–water partition coefficient (Wildman–Crippen LogP) is 4.68. The van der Waals surface area contributed by atoms with Crippen molar-refractivity contribution in [2.24, 2.45) is 11.8 Å². The second-order valence-corrected chi connectivity index (χ2v) is 19.4. The van der Waals surface area contributed by atoms with Crippen LogP contribution in [-0.4, -0.2) is 86.3 Å². The van der Waals surface area contributed by atoms with Crippen molar-refractivity contribution in [2.75, 3.05) is 56.0 Å². The van der Waals surface area contributed by atoms with Crippen LogP contribution in [0.4, 0.5) is 17.1 Å². The van der Waals surface area contributed by atoms with Crippen molar-refractivity contribution in [1.29, 1.82) is 0 Å². The van der Waals surface area contributed by atoms with Gasteiger partial charge >= 0.3 is 29.6 Å². The van der Waals surface area contributed by atoms with E-state index in [2.05, 4.69) is 31.6 Å². The maximum atomic E-state index is 13.4. The molecule has 1 fully saturated rings. The molecule has 5 N–H and O–H groups in total. The largest absolute Gasteiger partial charge is 1.00 e. The fraction of sp³-hybridized carbons (Fsp3) is 0.288. The van der Waals surface area contributed by atoms with Gasteiger partial charge in [-0.05, 0) is 146 Å². The first kappa shape index (κ1) is 59.1. The van der Waals surface area contributed by atoms with Crippen LogP contribution in [0.15, 0.2) is 109 Å². The van der Waals surface area contributed by atoms with Gasteiger partial charge in [0.05, 0.1) is 29.4 Å². The number of nitrogens with one attached hydrogen (secondary N) is 5. The van der Waals surface area contributed by atoms with Crippen LogP contribution in [0.2, 0.25) is 5.02 Å². The molecule has 2 aliphatic carbocycles. The van der Waals surface area contributed by atoms with E-state index in [1.165, 1.54) is 62.5 Å². The third kappa shape index (κ3) is 15.4. The number of hydrogen-bond acceptors (Lipinski definition) is 13. The Morgan fingerprint density at radius 1 is 0.684 bits per heavy atom. The standard InChI is InChI=1S/C59H59ClN6O12.Na/c1-34-35(2)55-40(26-44(56(55)70)37-11-4-5-12-37)27-50(34)77-30-36-10-8-13-38(24-36)39-15-20-49(45(25-39)59(73)74)78-33-53(68)63-23-9-22-62-52(67)31-76-32-54(69)64-41-16-18-43(46(60)28-41)57(71)66-47-19-17-42(29-51(47)75-3)65-58(72)48-14-6-7-21-61-48;/h6-8,10,13-21,24-25,27-29,37,44H,4-5,9,11-12,22-23,26,30-33H2,1-3H3,(H,62,67)(H,63,68)(H,64,69)(H,65,72)(H,66,71)(H,73,74);/q;+1/p-1. The third-order valence-corrected chi connectivity index (χ3v) is 14.0. The molecular weight excluding hydrogens is 1040 g/mol. The molecule has 6 aromatic rings. The smallest absolute Gasteiger partial charge is 0.545 e. The molecule has 0 bridgehead atoms. The number of anilines is 3. The third-order valence-electron chi connectivity index (χ3n) is 13.7. The van der Waals surface area contributed by atoms with Crippen molar-refractivity contribution in [3.63, 3.8) is 0 Å². The summed E-state index contributed by atoms with van der Waals surface area (Å²) in [5.74, 6) is -2.30. The fourth-order valence-electron chi connectivity index (χ4n) is 9.61. The number of rotatable bonds is 23. The topological polar surface area (TPSA) is 253 Å². The van der Waals surface area contributed by atoms with Crippen molar-refractivity contribution < 1.29 is 87.2 Å². The normalized spacial score (nSPS) is 13.6. The second kappa shape index (κ2) is 27.8. The monoisotopic (exact) mass is 1100 g/mol. The number of nitrogens with zero attached hydrogens (tertiary/aromatic N) is 1. The number of hydrogen-bond donors (Lipinski definition) is 5. The number of amides is 5. The van der Waals surface area contributed by atoms with E-state index in [1.54, 1.807) is 36.4 Å². The number of aromatic nitrogens is 1. The Hall–Kier alpha value is -7.61. The SMILES string of the molecule is COc1cc(NC(=O)c2ccccn2)ccc1NC(=O)c1ccc(NC(=O)COCC(=O)NCCCNC(=O)COc2ccc(-c3cccc(COc4cc5c(c(C)c4C)C(=O)C(C4CCCC4)C5)c3)cc2C(=O)[O-])cc1Cl.[Na+]. The van der Waals surface area contributed by atoms with E-state index in [0.717, 1.165) is 58.4 Å². The van der Waals surface area contributed by atoms with Crippen LogP contribution in [0.1, 0.15) is 95.9 Å². The quantitative estimate of drug-likeness (QED) is 0.0433. The Bertz CT molecular complexity index is 3260. The van der Waals surface area contributed by atoms with Crippen LogP contribution in [0.25, 0.3) is 11.1 Å². The Balaban J connectivity index is 0.00000903. The van der Waals surface area contributed by atoms with Crippen LogP contribution < -0.4 is 75.5 Å². The van der Waals surface area contributed by atoms with Crippen molar-refractivity contribution in [3.05, 3.63) is 159 Å². The minimum atomic E-state index is -1.47. The summed E-state index contributed by atoms with van der Waals surface area (Å²) in [6.07, 6.45) is 7.21. The molecule has 0 aliphatic heterocycles. The summed E-state index contributed by atoms with van der Waals surface area (Å²) in [5.41, 5.74) is 7.13. The molecule has 79 heavy (non-hydrogen) atoms. The van der Waals surface area contributed by atoms with E-state index in [-0.39, 0.29) is 100.0 Å². The maximum Gasteiger partial charge on any atom is 1.00 e. The molecule has 0 spiro atoms. The summed E-state index contributed by atoms with van der Waals surface area (Å²) in [7, 11) is 1.41. The van der Waals surface area contributed by atoms with Gasteiger partial charge in [-0.2, -0.15) is 0 Å². The molecule has 1 aromatic heterocycles. The number of carboxylic acid groups (broad SMARTS) is 1. The first-order chi connectivity index (χ1) is 37.6. The summed E-state index contributed by atoms with van der Waals surface area (Å²) in [5, 5.41) is 25.6. The number of fused-ring (bicyclic) bond motifs is 1. The summed E-state index contributed by atoms with van der Waals surface area (Å²) >= 11 is 6.41. The molecule has 0 saturated heterocycles. The van der Waals surface area contributed by atoms with Gasteiger partial charge in [-0.15, -0.1) is 0 Å².